The third-order valence-electron chi connectivity index (χ3n) is 2.96. The van der Waals surface area contributed by atoms with Crippen LogP contribution in [0, 0.1) is 0 Å². The molecule has 0 bridgehead atoms. The van der Waals surface area contributed by atoms with Crippen molar-refractivity contribution in [2.24, 2.45) is 0 Å². The summed E-state index contributed by atoms with van der Waals surface area (Å²) in [6.45, 7) is 3.89. The van der Waals surface area contributed by atoms with Crippen LogP contribution in [0.2, 0.25) is 0 Å². The quantitative estimate of drug-likeness (QED) is 0.525. The van der Waals surface area contributed by atoms with Crippen LogP contribution in [0.15, 0.2) is 48.5 Å². The first kappa shape index (κ1) is 16.0. The molecule has 22 heavy (non-hydrogen) atoms. The third-order valence-corrected chi connectivity index (χ3v) is 2.96. The summed E-state index contributed by atoms with van der Waals surface area (Å²) in [5.74, 6) is 1.24. The lowest BCUT2D eigenvalue weighted by molar-refractivity contribution is 0.0888. The number of ether oxygens (including phenoxy) is 3. The topological polar surface area (TPSA) is 44.8 Å². The first-order valence-electron chi connectivity index (χ1n) is 7.29. The second-order valence-corrected chi connectivity index (χ2v) is 4.68. The van der Waals surface area contributed by atoms with E-state index >= 15 is 0 Å². The van der Waals surface area contributed by atoms with E-state index in [-0.39, 0.29) is 0 Å². The van der Waals surface area contributed by atoms with E-state index in [1.54, 1.807) is 18.2 Å². The van der Waals surface area contributed by atoms with Gasteiger partial charge in [0.15, 0.2) is 0 Å². The summed E-state index contributed by atoms with van der Waals surface area (Å²) in [4.78, 5) is 10.9. The fourth-order valence-electron chi connectivity index (χ4n) is 1.98. The second-order valence-electron chi connectivity index (χ2n) is 4.68. The summed E-state index contributed by atoms with van der Waals surface area (Å²) >= 11 is 0. The summed E-state index contributed by atoms with van der Waals surface area (Å²) in [6, 6.07) is 15.1. The van der Waals surface area contributed by atoms with Crippen LogP contribution < -0.4 is 9.47 Å². The zero-order chi connectivity index (χ0) is 15.6. The molecule has 0 N–H and O–H groups in total. The summed E-state index contributed by atoms with van der Waals surface area (Å²) in [5.41, 5.74) is 1.66. The molecule has 4 nitrogen and oxygen atoms in total. The molecule has 0 spiro atoms. The maximum absolute atomic E-state index is 10.9. The minimum atomic E-state index is 0.417. The predicted octanol–water partition coefficient (Wildman–Crippen LogP) is 3.49. The van der Waals surface area contributed by atoms with Crippen molar-refractivity contribution >= 4 is 6.29 Å². The molecule has 0 fully saturated rings. The van der Waals surface area contributed by atoms with Gasteiger partial charge in [0.1, 0.15) is 24.4 Å². The van der Waals surface area contributed by atoms with Gasteiger partial charge in [0.25, 0.3) is 0 Å². The minimum Gasteiger partial charge on any atom is -0.494 e. The monoisotopic (exact) mass is 300 g/mol. The highest BCUT2D eigenvalue weighted by atomic mass is 16.5. The molecule has 0 amide bonds. The smallest absolute Gasteiger partial charge is 0.150 e. The Morgan fingerprint density at radius 3 is 2.36 bits per heavy atom. The van der Waals surface area contributed by atoms with Crippen molar-refractivity contribution < 1.29 is 19.0 Å². The Kier molecular flexibility index (Phi) is 6.45. The van der Waals surface area contributed by atoms with Crippen LogP contribution in [-0.4, -0.2) is 26.1 Å². The number of carbonyl (C=O) groups excluding carboxylic acids is 1. The molecule has 2 aromatic carbocycles. The van der Waals surface area contributed by atoms with Crippen LogP contribution in [0.4, 0.5) is 0 Å². The Morgan fingerprint density at radius 2 is 1.68 bits per heavy atom. The van der Waals surface area contributed by atoms with Gasteiger partial charge in [0, 0.05) is 11.6 Å². The van der Waals surface area contributed by atoms with Crippen molar-refractivity contribution in [1.82, 2.24) is 0 Å². The largest absolute Gasteiger partial charge is 0.494 e. The minimum absolute atomic E-state index is 0.417. The van der Waals surface area contributed by atoms with E-state index in [0.717, 1.165) is 11.8 Å². The first-order chi connectivity index (χ1) is 10.8. The maximum atomic E-state index is 10.9. The van der Waals surface area contributed by atoms with Crippen LogP contribution in [0.25, 0.3) is 0 Å². The molecule has 2 aromatic rings. The van der Waals surface area contributed by atoms with Crippen LogP contribution in [0.3, 0.4) is 0 Å². The van der Waals surface area contributed by atoms with Gasteiger partial charge in [-0.1, -0.05) is 30.3 Å². The standard InChI is InChI=1S/C18H20O4/c1-2-21-17-10-16(13-19)11-18(12-17)22-9-8-20-14-15-6-4-3-5-7-15/h3-7,10-13H,2,8-9,14H2,1H3. The van der Waals surface area contributed by atoms with E-state index in [2.05, 4.69) is 0 Å². The average molecular weight is 300 g/mol. The van der Waals surface area contributed by atoms with Crippen LogP contribution in [0.5, 0.6) is 11.5 Å². The number of hydrogen-bond donors (Lipinski definition) is 0. The van der Waals surface area contributed by atoms with E-state index in [0.29, 0.717) is 43.5 Å². The molecule has 0 heterocycles. The number of hydrogen-bond acceptors (Lipinski definition) is 4. The molecule has 0 saturated carbocycles. The fraction of sp³-hybridized carbons (Fsp3) is 0.278. The van der Waals surface area contributed by atoms with E-state index in [1.165, 1.54) is 0 Å². The summed E-state index contributed by atoms with van der Waals surface area (Å²) in [5, 5.41) is 0. The van der Waals surface area contributed by atoms with Crippen molar-refractivity contribution in [3.05, 3.63) is 59.7 Å². The highest BCUT2D eigenvalue weighted by Crippen LogP contribution is 2.22. The van der Waals surface area contributed by atoms with Crippen molar-refractivity contribution in [3.63, 3.8) is 0 Å². The van der Waals surface area contributed by atoms with Crippen molar-refractivity contribution in [2.45, 2.75) is 13.5 Å². The van der Waals surface area contributed by atoms with Crippen LogP contribution >= 0.6 is 0 Å². The van der Waals surface area contributed by atoms with E-state index < -0.39 is 0 Å². The Hall–Kier alpha value is -2.33. The van der Waals surface area contributed by atoms with Crippen molar-refractivity contribution in [1.29, 1.82) is 0 Å². The molecule has 0 aliphatic heterocycles. The fourth-order valence-corrected chi connectivity index (χ4v) is 1.98. The van der Waals surface area contributed by atoms with Crippen molar-refractivity contribution in [2.75, 3.05) is 19.8 Å². The van der Waals surface area contributed by atoms with Gasteiger partial charge in [0.05, 0.1) is 19.8 Å². The van der Waals surface area contributed by atoms with Gasteiger partial charge in [0.2, 0.25) is 0 Å². The van der Waals surface area contributed by atoms with Gasteiger partial charge in [-0.15, -0.1) is 0 Å². The van der Waals surface area contributed by atoms with E-state index in [1.807, 2.05) is 37.3 Å². The molecule has 0 saturated heterocycles. The van der Waals surface area contributed by atoms with Gasteiger partial charge in [-0.25, -0.2) is 0 Å². The Balaban J connectivity index is 1.78. The molecule has 0 atom stereocenters. The van der Waals surface area contributed by atoms with Gasteiger partial charge in [-0.3, -0.25) is 4.79 Å². The molecular weight excluding hydrogens is 280 g/mol. The number of benzene rings is 2. The normalized spacial score (nSPS) is 10.2. The maximum Gasteiger partial charge on any atom is 0.150 e. The molecule has 0 radical (unpaired) electrons. The van der Waals surface area contributed by atoms with Gasteiger partial charge in [-0.2, -0.15) is 0 Å². The number of rotatable bonds is 9. The van der Waals surface area contributed by atoms with Crippen molar-refractivity contribution in [3.8, 4) is 11.5 Å². The average Bonchev–Trinajstić information content (AvgIpc) is 2.55. The molecule has 2 rings (SSSR count). The zero-order valence-corrected chi connectivity index (χ0v) is 12.7. The molecule has 0 aromatic heterocycles. The number of aldehydes is 1. The summed E-state index contributed by atoms with van der Waals surface area (Å²) in [6.07, 6.45) is 0.779. The Labute approximate surface area is 130 Å². The van der Waals surface area contributed by atoms with Crippen LogP contribution in [-0.2, 0) is 11.3 Å². The van der Waals surface area contributed by atoms with Gasteiger partial charge >= 0.3 is 0 Å². The summed E-state index contributed by atoms with van der Waals surface area (Å²) < 4.78 is 16.6. The molecule has 4 heteroatoms. The Morgan fingerprint density at radius 1 is 0.955 bits per heavy atom. The molecule has 0 aliphatic carbocycles. The third kappa shape index (κ3) is 5.22. The molecule has 116 valence electrons. The lowest BCUT2D eigenvalue weighted by Gasteiger charge is -2.10. The molecular formula is C18H20O4. The van der Waals surface area contributed by atoms with E-state index in [9.17, 15) is 4.79 Å². The number of carbonyl (C=O) groups is 1. The van der Waals surface area contributed by atoms with Gasteiger partial charge < -0.3 is 14.2 Å². The Bertz CT molecular complexity index is 581. The predicted molar refractivity (Wildman–Crippen MR) is 84.6 cm³/mol. The first-order valence-corrected chi connectivity index (χ1v) is 7.29. The second kappa shape index (κ2) is 8.85. The highest BCUT2D eigenvalue weighted by Gasteiger charge is 2.02. The molecule has 0 unspecified atom stereocenters. The SMILES string of the molecule is CCOc1cc(C=O)cc(OCCOCc2ccccc2)c1. The lowest BCUT2D eigenvalue weighted by atomic mass is 10.2. The summed E-state index contributed by atoms with van der Waals surface area (Å²) in [7, 11) is 0. The lowest BCUT2D eigenvalue weighted by Crippen LogP contribution is -2.07. The van der Waals surface area contributed by atoms with E-state index in [4.69, 9.17) is 14.2 Å². The van der Waals surface area contributed by atoms with Gasteiger partial charge in [-0.05, 0) is 24.6 Å². The highest BCUT2D eigenvalue weighted by molar-refractivity contribution is 5.76. The zero-order valence-electron chi connectivity index (χ0n) is 12.7. The van der Waals surface area contributed by atoms with Crippen LogP contribution in [0.1, 0.15) is 22.8 Å². The molecule has 0 aliphatic rings.